The van der Waals surface area contributed by atoms with Crippen LogP contribution in [0.2, 0.25) is 0 Å². The Morgan fingerprint density at radius 3 is 2.29 bits per heavy atom. The van der Waals surface area contributed by atoms with Gasteiger partial charge in [0.15, 0.2) is 0 Å². The van der Waals surface area contributed by atoms with Gasteiger partial charge in [-0.05, 0) is 25.0 Å². The van der Waals surface area contributed by atoms with Crippen molar-refractivity contribution in [2.24, 2.45) is 5.73 Å². The Hall–Kier alpha value is -2.78. The molecule has 1 fully saturated rings. The number of aromatic nitrogens is 1. The molecule has 0 unspecified atom stereocenters. The third-order valence-electron chi connectivity index (χ3n) is 4.98. The molecule has 1 aromatic carbocycles. The number of carbonyl (C=O) groups excluding carboxylic acids is 2. The van der Waals surface area contributed by atoms with Gasteiger partial charge in [0.2, 0.25) is 5.88 Å². The number of amides is 2. The van der Waals surface area contributed by atoms with E-state index in [1.54, 1.807) is 0 Å². The fourth-order valence-corrected chi connectivity index (χ4v) is 3.71. The van der Waals surface area contributed by atoms with Gasteiger partial charge in [0.25, 0.3) is 5.91 Å². The molecule has 1 aliphatic rings. The van der Waals surface area contributed by atoms with Crippen molar-refractivity contribution >= 4 is 22.8 Å². The van der Waals surface area contributed by atoms with E-state index in [1.165, 1.54) is 0 Å². The number of aromatic hydroxyl groups is 1. The van der Waals surface area contributed by atoms with Crippen molar-refractivity contribution in [1.29, 1.82) is 0 Å². The molecule has 0 radical (unpaired) electrons. The number of rotatable bonds is 2. The number of nitrogens with one attached hydrogen (secondary N) is 1. The molecule has 0 saturated heterocycles. The van der Waals surface area contributed by atoms with Crippen molar-refractivity contribution in [3.63, 3.8) is 0 Å². The summed E-state index contributed by atoms with van der Waals surface area (Å²) < 4.78 is 54.7. The van der Waals surface area contributed by atoms with Gasteiger partial charge in [0.1, 0.15) is 11.4 Å². The van der Waals surface area contributed by atoms with E-state index in [0.717, 1.165) is 25.7 Å². The molecular weight excluding hydrogens is 382 g/mol. The van der Waals surface area contributed by atoms with Crippen LogP contribution in [0.25, 0.3) is 10.9 Å². The molecule has 152 valence electrons. The van der Waals surface area contributed by atoms with E-state index in [1.807, 2.05) is 0 Å². The molecule has 6 nitrogen and oxygen atoms in total. The van der Waals surface area contributed by atoms with Gasteiger partial charge < -0.3 is 16.2 Å². The maximum Gasteiger partial charge on any atom is 0.418 e. The number of benzene rings is 1. The Balaban J connectivity index is 2.18. The van der Waals surface area contributed by atoms with Gasteiger partial charge in [-0.1, -0.05) is 25.7 Å². The number of hydrogen-bond donors (Lipinski definition) is 3. The van der Waals surface area contributed by atoms with Crippen molar-refractivity contribution in [3.05, 3.63) is 29.1 Å². The first-order valence-electron chi connectivity index (χ1n) is 8.86. The predicted octanol–water partition coefficient (Wildman–Crippen LogP) is 3.88. The van der Waals surface area contributed by atoms with Crippen LogP contribution in [0.5, 0.6) is 5.88 Å². The van der Waals surface area contributed by atoms with Gasteiger partial charge in [-0.3, -0.25) is 4.79 Å². The molecule has 0 spiro atoms. The summed E-state index contributed by atoms with van der Waals surface area (Å²) >= 11 is 0. The van der Waals surface area contributed by atoms with E-state index >= 15 is 0 Å². The Labute approximate surface area is 157 Å². The molecule has 1 heterocycles. The fraction of sp³-hybridized carbons (Fsp3) is 0.444. The third kappa shape index (κ3) is 3.50. The molecule has 1 aliphatic carbocycles. The van der Waals surface area contributed by atoms with Gasteiger partial charge >= 0.3 is 12.2 Å². The van der Waals surface area contributed by atoms with E-state index in [2.05, 4.69) is 5.32 Å². The van der Waals surface area contributed by atoms with Gasteiger partial charge in [0, 0.05) is 6.04 Å². The van der Waals surface area contributed by atoms with E-state index in [4.69, 9.17) is 5.73 Å². The first-order chi connectivity index (χ1) is 13.1. The maximum absolute atomic E-state index is 14.5. The van der Waals surface area contributed by atoms with E-state index < -0.39 is 51.8 Å². The van der Waals surface area contributed by atoms with Gasteiger partial charge in [0.05, 0.1) is 16.5 Å². The van der Waals surface area contributed by atoms with Crippen molar-refractivity contribution < 1.29 is 32.3 Å². The standard InChI is InChI=1S/C18H19F4N3O3/c19-11-8-7-10(18(20,21)22)14-12(11)13(16(27)25(14)17(23)28)15(26)24-9-5-3-1-2-4-6-9/h7-9,27H,1-6H2,(H2,23,28)(H,24,26). The second-order valence-corrected chi connectivity index (χ2v) is 6.85. The molecule has 0 atom stereocenters. The molecule has 0 bridgehead atoms. The lowest BCUT2D eigenvalue weighted by Gasteiger charge is -2.16. The zero-order valence-electron chi connectivity index (χ0n) is 14.8. The van der Waals surface area contributed by atoms with Crippen LogP contribution in [0, 0.1) is 5.82 Å². The minimum atomic E-state index is -4.96. The lowest BCUT2D eigenvalue weighted by molar-refractivity contribution is -0.136. The highest BCUT2D eigenvalue weighted by molar-refractivity contribution is 6.13. The minimum absolute atomic E-state index is 0.114. The largest absolute Gasteiger partial charge is 0.494 e. The molecule has 1 aromatic heterocycles. The summed E-state index contributed by atoms with van der Waals surface area (Å²) in [4.78, 5) is 24.4. The predicted molar refractivity (Wildman–Crippen MR) is 92.5 cm³/mol. The van der Waals surface area contributed by atoms with Gasteiger partial charge in [-0.25, -0.2) is 13.8 Å². The van der Waals surface area contributed by atoms with Crippen LogP contribution in [0.3, 0.4) is 0 Å². The van der Waals surface area contributed by atoms with Crippen LogP contribution in [0.1, 0.15) is 54.4 Å². The number of primary amides is 1. The van der Waals surface area contributed by atoms with Crippen LogP contribution >= 0.6 is 0 Å². The first kappa shape index (κ1) is 20.0. The lowest BCUT2D eigenvalue weighted by atomic mass is 10.1. The second-order valence-electron chi connectivity index (χ2n) is 6.85. The topological polar surface area (TPSA) is 97.3 Å². The zero-order valence-corrected chi connectivity index (χ0v) is 14.8. The maximum atomic E-state index is 14.5. The summed E-state index contributed by atoms with van der Waals surface area (Å²) in [6, 6.07) is -0.746. The molecule has 1 saturated carbocycles. The number of carbonyl (C=O) groups is 2. The highest BCUT2D eigenvalue weighted by atomic mass is 19.4. The Morgan fingerprint density at radius 2 is 1.75 bits per heavy atom. The van der Waals surface area contributed by atoms with Crippen LogP contribution in [-0.2, 0) is 6.18 Å². The fourth-order valence-electron chi connectivity index (χ4n) is 3.71. The van der Waals surface area contributed by atoms with Crippen LogP contribution in [0.15, 0.2) is 12.1 Å². The van der Waals surface area contributed by atoms with Crippen LogP contribution in [0.4, 0.5) is 22.4 Å². The zero-order chi connectivity index (χ0) is 20.6. The Bertz CT molecular complexity index is 929. The first-order valence-corrected chi connectivity index (χ1v) is 8.86. The molecule has 10 heteroatoms. The summed E-state index contributed by atoms with van der Waals surface area (Å²) in [7, 11) is 0. The average molecular weight is 401 g/mol. The Morgan fingerprint density at radius 1 is 1.14 bits per heavy atom. The second kappa shape index (κ2) is 7.33. The minimum Gasteiger partial charge on any atom is -0.494 e. The summed E-state index contributed by atoms with van der Waals surface area (Å²) in [6.07, 6.45) is 0.108. The molecule has 3 rings (SSSR count). The smallest absolute Gasteiger partial charge is 0.418 e. The van der Waals surface area contributed by atoms with Crippen LogP contribution in [-0.4, -0.2) is 27.7 Å². The van der Waals surface area contributed by atoms with E-state index in [0.29, 0.717) is 25.0 Å². The average Bonchev–Trinajstić information content (AvgIpc) is 2.73. The third-order valence-corrected chi connectivity index (χ3v) is 4.98. The normalized spacial score (nSPS) is 16.1. The molecule has 2 amide bonds. The highest BCUT2D eigenvalue weighted by Crippen LogP contribution is 2.41. The van der Waals surface area contributed by atoms with Crippen molar-refractivity contribution in [1.82, 2.24) is 9.88 Å². The number of alkyl halides is 3. The van der Waals surface area contributed by atoms with E-state index in [-0.39, 0.29) is 10.6 Å². The Kier molecular flexibility index (Phi) is 5.22. The van der Waals surface area contributed by atoms with Crippen molar-refractivity contribution in [2.75, 3.05) is 0 Å². The molecule has 2 aromatic rings. The SMILES string of the molecule is NC(=O)n1c(O)c(C(=O)NC2CCCCCC2)c2c(F)ccc(C(F)(F)F)c21. The molecular formula is C18H19F4N3O3. The molecule has 0 aliphatic heterocycles. The number of fused-ring (bicyclic) bond motifs is 1. The summed E-state index contributed by atoms with van der Waals surface area (Å²) in [6.45, 7) is 0. The van der Waals surface area contributed by atoms with Crippen molar-refractivity contribution in [2.45, 2.75) is 50.7 Å². The van der Waals surface area contributed by atoms with Gasteiger partial charge in [-0.2, -0.15) is 13.2 Å². The summed E-state index contributed by atoms with van der Waals surface area (Å²) in [5.41, 5.74) is 2.00. The lowest BCUT2D eigenvalue weighted by Crippen LogP contribution is -2.34. The number of nitrogens with two attached hydrogens (primary N) is 1. The van der Waals surface area contributed by atoms with Crippen LogP contribution < -0.4 is 11.1 Å². The summed E-state index contributed by atoms with van der Waals surface area (Å²) in [5, 5.41) is 12.2. The van der Waals surface area contributed by atoms with Gasteiger partial charge in [-0.15, -0.1) is 0 Å². The quantitative estimate of drug-likeness (QED) is 0.526. The number of halogens is 4. The molecule has 28 heavy (non-hydrogen) atoms. The summed E-state index contributed by atoms with van der Waals surface area (Å²) in [5.74, 6) is -3.25. The monoisotopic (exact) mass is 401 g/mol. The number of nitrogens with zero attached hydrogens (tertiary/aromatic N) is 1. The molecule has 4 N–H and O–H groups in total. The van der Waals surface area contributed by atoms with Crippen molar-refractivity contribution in [3.8, 4) is 5.88 Å². The highest BCUT2D eigenvalue weighted by Gasteiger charge is 2.38. The van der Waals surface area contributed by atoms with E-state index in [9.17, 15) is 32.3 Å². The number of hydrogen-bond acceptors (Lipinski definition) is 3.